The molecular formula is C21H17ClN2O3. The van der Waals surface area contributed by atoms with Gasteiger partial charge in [0.15, 0.2) is 0 Å². The van der Waals surface area contributed by atoms with Crippen molar-refractivity contribution >= 4 is 34.8 Å². The van der Waals surface area contributed by atoms with Crippen molar-refractivity contribution in [3.05, 3.63) is 89.4 Å². The minimum atomic E-state index is -0.868. The van der Waals surface area contributed by atoms with Gasteiger partial charge in [-0.05, 0) is 35.9 Å². The van der Waals surface area contributed by atoms with Gasteiger partial charge in [0, 0.05) is 10.7 Å². The maximum atomic E-state index is 12.8. The number of nitrogens with one attached hydrogen (secondary N) is 1. The second kappa shape index (κ2) is 8.38. The number of rotatable bonds is 4. The highest BCUT2D eigenvalue weighted by atomic mass is 35.5. The fourth-order valence-electron chi connectivity index (χ4n) is 2.56. The van der Waals surface area contributed by atoms with E-state index < -0.39 is 11.8 Å². The van der Waals surface area contributed by atoms with E-state index in [0.29, 0.717) is 10.7 Å². The number of phenols is 1. The zero-order chi connectivity index (χ0) is 19.2. The van der Waals surface area contributed by atoms with Gasteiger partial charge in [-0.1, -0.05) is 60.1 Å². The molecule has 0 aliphatic rings. The molecule has 0 fully saturated rings. The molecule has 136 valence electrons. The van der Waals surface area contributed by atoms with Crippen LogP contribution in [0.2, 0.25) is 5.02 Å². The Morgan fingerprint density at radius 1 is 0.926 bits per heavy atom. The summed E-state index contributed by atoms with van der Waals surface area (Å²) in [6.07, 6.45) is 0. The number of aromatic hydroxyl groups is 1. The van der Waals surface area contributed by atoms with Crippen LogP contribution < -0.4 is 10.2 Å². The first kappa shape index (κ1) is 18.5. The molecule has 0 heterocycles. The van der Waals surface area contributed by atoms with Crippen LogP contribution in [0.25, 0.3) is 0 Å². The maximum Gasteiger partial charge on any atom is 0.316 e. The molecule has 2 amide bonds. The number of para-hydroxylation sites is 1. The smallest absolute Gasteiger partial charge is 0.316 e. The van der Waals surface area contributed by atoms with E-state index in [9.17, 15) is 14.7 Å². The molecule has 3 aromatic carbocycles. The highest BCUT2D eigenvalue weighted by Crippen LogP contribution is 2.27. The van der Waals surface area contributed by atoms with Gasteiger partial charge in [0.1, 0.15) is 5.75 Å². The first-order chi connectivity index (χ1) is 13.0. The SMILES string of the molecule is O=C(Nc1cc(Cl)ccc1O)C(=O)N(Cc1ccccc1)c1ccccc1. The number of nitrogens with zero attached hydrogens (tertiary/aromatic N) is 1. The van der Waals surface area contributed by atoms with Gasteiger partial charge in [0.2, 0.25) is 0 Å². The molecule has 0 saturated heterocycles. The third kappa shape index (κ3) is 4.65. The van der Waals surface area contributed by atoms with Crippen LogP contribution in [0.3, 0.4) is 0 Å². The lowest BCUT2D eigenvalue weighted by atomic mass is 10.2. The first-order valence-corrected chi connectivity index (χ1v) is 8.63. The second-order valence-electron chi connectivity index (χ2n) is 5.83. The minimum absolute atomic E-state index is 0.0774. The fourth-order valence-corrected chi connectivity index (χ4v) is 2.73. The highest BCUT2D eigenvalue weighted by molar-refractivity contribution is 6.44. The van der Waals surface area contributed by atoms with Crippen molar-refractivity contribution in [3.8, 4) is 5.75 Å². The molecule has 0 saturated carbocycles. The van der Waals surface area contributed by atoms with Gasteiger partial charge >= 0.3 is 11.8 Å². The predicted octanol–water partition coefficient (Wildman–Crippen LogP) is 4.22. The van der Waals surface area contributed by atoms with Gasteiger partial charge in [0.05, 0.1) is 12.2 Å². The molecule has 0 atom stereocenters. The maximum absolute atomic E-state index is 12.8. The normalized spacial score (nSPS) is 10.3. The Kier molecular flexibility index (Phi) is 5.74. The topological polar surface area (TPSA) is 69.6 Å². The average Bonchev–Trinajstić information content (AvgIpc) is 2.70. The lowest BCUT2D eigenvalue weighted by molar-refractivity contribution is -0.134. The molecule has 0 aliphatic heterocycles. The van der Waals surface area contributed by atoms with Gasteiger partial charge < -0.3 is 10.4 Å². The standard InChI is InChI=1S/C21H17ClN2O3/c22-16-11-12-19(25)18(13-16)23-20(26)21(27)24(17-9-5-2-6-10-17)14-15-7-3-1-4-8-15/h1-13,25H,14H2,(H,23,26). The zero-order valence-corrected chi connectivity index (χ0v) is 15.1. The fraction of sp³-hybridized carbons (Fsp3) is 0.0476. The van der Waals surface area contributed by atoms with E-state index >= 15 is 0 Å². The highest BCUT2D eigenvalue weighted by Gasteiger charge is 2.24. The molecule has 0 spiro atoms. The zero-order valence-electron chi connectivity index (χ0n) is 14.3. The number of halogens is 1. The number of benzene rings is 3. The Morgan fingerprint density at radius 3 is 2.22 bits per heavy atom. The van der Waals surface area contributed by atoms with Crippen LogP contribution in [0.4, 0.5) is 11.4 Å². The van der Waals surface area contributed by atoms with Crippen molar-refractivity contribution in [2.45, 2.75) is 6.54 Å². The van der Waals surface area contributed by atoms with Gasteiger partial charge in [0.25, 0.3) is 0 Å². The molecule has 0 aromatic heterocycles. The van der Waals surface area contributed by atoms with Crippen molar-refractivity contribution in [2.24, 2.45) is 0 Å². The minimum Gasteiger partial charge on any atom is -0.506 e. The molecule has 3 rings (SSSR count). The average molecular weight is 381 g/mol. The monoisotopic (exact) mass is 380 g/mol. The van der Waals surface area contributed by atoms with E-state index in [1.807, 2.05) is 36.4 Å². The van der Waals surface area contributed by atoms with E-state index in [-0.39, 0.29) is 18.0 Å². The van der Waals surface area contributed by atoms with Crippen molar-refractivity contribution < 1.29 is 14.7 Å². The number of anilines is 2. The van der Waals surface area contributed by atoms with E-state index in [4.69, 9.17) is 11.6 Å². The summed E-state index contributed by atoms with van der Waals surface area (Å²) in [4.78, 5) is 26.8. The van der Waals surface area contributed by atoms with Gasteiger partial charge in [-0.15, -0.1) is 0 Å². The Balaban J connectivity index is 1.86. The summed E-state index contributed by atoms with van der Waals surface area (Å²) in [5.74, 6) is -1.79. The van der Waals surface area contributed by atoms with Gasteiger partial charge in [-0.3, -0.25) is 14.5 Å². The summed E-state index contributed by atoms with van der Waals surface area (Å²) in [6, 6.07) is 22.5. The number of carbonyl (C=O) groups is 2. The van der Waals surface area contributed by atoms with Crippen molar-refractivity contribution in [3.63, 3.8) is 0 Å². The summed E-state index contributed by atoms with van der Waals surface area (Å²) in [7, 11) is 0. The van der Waals surface area contributed by atoms with Gasteiger partial charge in [-0.25, -0.2) is 0 Å². The Hall–Kier alpha value is -3.31. The third-order valence-electron chi connectivity index (χ3n) is 3.90. The molecule has 0 unspecified atom stereocenters. The molecule has 0 radical (unpaired) electrons. The molecule has 0 aliphatic carbocycles. The van der Waals surface area contributed by atoms with Crippen LogP contribution in [-0.4, -0.2) is 16.9 Å². The molecule has 0 bridgehead atoms. The second-order valence-corrected chi connectivity index (χ2v) is 6.26. The van der Waals surface area contributed by atoms with Crippen LogP contribution in [-0.2, 0) is 16.1 Å². The van der Waals surface area contributed by atoms with Crippen molar-refractivity contribution in [1.82, 2.24) is 0 Å². The van der Waals surface area contributed by atoms with E-state index in [0.717, 1.165) is 5.56 Å². The van der Waals surface area contributed by atoms with Crippen LogP contribution in [0.5, 0.6) is 5.75 Å². The molecule has 2 N–H and O–H groups in total. The largest absolute Gasteiger partial charge is 0.506 e. The number of hydrogen-bond acceptors (Lipinski definition) is 3. The summed E-state index contributed by atoms with van der Waals surface area (Å²) in [5, 5.41) is 12.6. The number of carbonyl (C=O) groups excluding carboxylic acids is 2. The lowest BCUT2D eigenvalue weighted by Gasteiger charge is -2.22. The lowest BCUT2D eigenvalue weighted by Crippen LogP contribution is -2.39. The summed E-state index contributed by atoms with van der Waals surface area (Å²) < 4.78 is 0. The number of phenolic OH excluding ortho intramolecular Hbond substituents is 1. The number of amides is 2. The molecule has 5 nitrogen and oxygen atoms in total. The van der Waals surface area contributed by atoms with E-state index in [1.165, 1.54) is 23.1 Å². The number of hydrogen-bond donors (Lipinski definition) is 2. The van der Waals surface area contributed by atoms with Crippen LogP contribution in [0, 0.1) is 0 Å². The molecule has 27 heavy (non-hydrogen) atoms. The van der Waals surface area contributed by atoms with E-state index in [2.05, 4.69) is 5.32 Å². The van der Waals surface area contributed by atoms with Crippen molar-refractivity contribution in [1.29, 1.82) is 0 Å². The van der Waals surface area contributed by atoms with Crippen LogP contribution in [0.15, 0.2) is 78.9 Å². The Morgan fingerprint density at radius 2 is 1.56 bits per heavy atom. The van der Waals surface area contributed by atoms with Gasteiger partial charge in [-0.2, -0.15) is 0 Å². The van der Waals surface area contributed by atoms with Crippen LogP contribution in [0.1, 0.15) is 5.56 Å². The van der Waals surface area contributed by atoms with Crippen LogP contribution >= 0.6 is 11.6 Å². The quantitative estimate of drug-likeness (QED) is 0.526. The summed E-state index contributed by atoms with van der Waals surface area (Å²) >= 11 is 5.89. The molecule has 6 heteroatoms. The Bertz CT molecular complexity index is 946. The summed E-state index contributed by atoms with van der Waals surface area (Å²) in [6.45, 7) is 0.235. The molecular weight excluding hydrogens is 364 g/mol. The Labute approximate surface area is 161 Å². The third-order valence-corrected chi connectivity index (χ3v) is 4.13. The first-order valence-electron chi connectivity index (χ1n) is 8.25. The van der Waals surface area contributed by atoms with Crippen molar-refractivity contribution in [2.75, 3.05) is 10.2 Å². The summed E-state index contributed by atoms with van der Waals surface area (Å²) in [5.41, 5.74) is 1.55. The molecule has 3 aromatic rings. The van der Waals surface area contributed by atoms with E-state index in [1.54, 1.807) is 24.3 Å². The predicted molar refractivity (Wildman–Crippen MR) is 106 cm³/mol.